The molecule has 3 rings (SSSR count). The number of hydrogen-bond acceptors (Lipinski definition) is 5. The number of nitrogens with zero attached hydrogens (tertiary/aromatic N) is 2. The number of amides is 1. The van der Waals surface area contributed by atoms with E-state index in [2.05, 4.69) is 15.2 Å². The third kappa shape index (κ3) is 4.53. The Labute approximate surface area is 142 Å². The largest absolute Gasteiger partial charge is 0.381 e. The summed E-state index contributed by atoms with van der Waals surface area (Å²) in [6, 6.07) is 2.31. The molecule has 2 fully saturated rings. The number of thiophene rings is 1. The first-order chi connectivity index (χ1) is 11.2. The molecule has 1 aromatic rings. The highest BCUT2D eigenvalue weighted by Gasteiger charge is 2.27. The van der Waals surface area contributed by atoms with Gasteiger partial charge in [-0.05, 0) is 36.8 Å². The van der Waals surface area contributed by atoms with E-state index >= 15 is 0 Å². The van der Waals surface area contributed by atoms with Crippen LogP contribution in [0.15, 0.2) is 11.4 Å². The molecule has 2 aliphatic rings. The molecule has 0 unspecified atom stereocenters. The van der Waals surface area contributed by atoms with E-state index in [0.717, 1.165) is 70.3 Å². The highest BCUT2D eigenvalue weighted by Crippen LogP contribution is 2.21. The molecule has 0 atom stereocenters. The fraction of sp³-hybridized carbons (Fsp3) is 0.706. The van der Waals surface area contributed by atoms with Crippen molar-refractivity contribution >= 4 is 17.2 Å². The van der Waals surface area contributed by atoms with Crippen molar-refractivity contribution in [3.05, 3.63) is 21.9 Å². The average molecular weight is 338 g/mol. The van der Waals surface area contributed by atoms with E-state index in [4.69, 9.17) is 9.47 Å². The monoisotopic (exact) mass is 338 g/mol. The molecule has 5 nitrogen and oxygen atoms in total. The van der Waals surface area contributed by atoms with E-state index in [0.29, 0.717) is 6.04 Å². The second-order valence-electron chi connectivity index (χ2n) is 6.28. The van der Waals surface area contributed by atoms with Gasteiger partial charge in [0.1, 0.15) is 0 Å². The van der Waals surface area contributed by atoms with Crippen molar-refractivity contribution in [1.29, 1.82) is 0 Å². The van der Waals surface area contributed by atoms with Crippen molar-refractivity contribution in [2.45, 2.75) is 25.8 Å². The zero-order valence-electron chi connectivity index (χ0n) is 13.8. The fourth-order valence-electron chi connectivity index (χ4n) is 3.21. The van der Waals surface area contributed by atoms with Crippen LogP contribution in [-0.4, -0.2) is 74.4 Å². The van der Waals surface area contributed by atoms with Crippen molar-refractivity contribution < 1.29 is 14.3 Å². The Morgan fingerprint density at radius 2 is 1.96 bits per heavy atom. The lowest BCUT2D eigenvalue weighted by Crippen LogP contribution is -2.48. The van der Waals surface area contributed by atoms with E-state index < -0.39 is 0 Å². The number of morpholine rings is 1. The van der Waals surface area contributed by atoms with E-state index in [1.807, 2.05) is 13.0 Å². The van der Waals surface area contributed by atoms with Crippen LogP contribution in [0.4, 0.5) is 0 Å². The Balaban J connectivity index is 1.66. The van der Waals surface area contributed by atoms with Gasteiger partial charge in [0.2, 0.25) is 0 Å². The van der Waals surface area contributed by atoms with Crippen molar-refractivity contribution in [3.8, 4) is 0 Å². The Morgan fingerprint density at radius 3 is 2.61 bits per heavy atom. The van der Waals surface area contributed by atoms with E-state index in [1.165, 1.54) is 5.56 Å². The summed E-state index contributed by atoms with van der Waals surface area (Å²) in [6.45, 7) is 8.81. The predicted octanol–water partition coefficient (Wildman–Crippen LogP) is 2.01. The first-order valence-electron chi connectivity index (χ1n) is 8.48. The van der Waals surface area contributed by atoms with Gasteiger partial charge in [-0.15, -0.1) is 11.3 Å². The highest BCUT2D eigenvalue weighted by molar-refractivity contribution is 7.12. The average Bonchev–Trinajstić information content (AvgIpc) is 3.03. The van der Waals surface area contributed by atoms with Gasteiger partial charge in [0.05, 0.1) is 18.1 Å². The Kier molecular flexibility index (Phi) is 6.05. The van der Waals surface area contributed by atoms with Gasteiger partial charge in [0.15, 0.2) is 0 Å². The third-order valence-corrected chi connectivity index (χ3v) is 5.63. The zero-order valence-corrected chi connectivity index (χ0v) is 14.6. The SMILES string of the molecule is Cc1csc(C(=O)N(CCN2CCOCC2)C2CCOCC2)c1. The number of ether oxygens (including phenoxy) is 2. The molecule has 1 aromatic heterocycles. The first kappa shape index (κ1) is 16.9. The van der Waals surface area contributed by atoms with E-state index in [-0.39, 0.29) is 5.91 Å². The molecule has 0 N–H and O–H groups in total. The quantitative estimate of drug-likeness (QED) is 0.824. The molecule has 0 bridgehead atoms. The molecule has 0 saturated carbocycles. The minimum absolute atomic E-state index is 0.184. The first-order valence-corrected chi connectivity index (χ1v) is 9.36. The summed E-state index contributed by atoms with van der Waals surface area (Å²) in [6.07, 6.45) is 1.89. The van der Waals surface area contributed by atoms with Gasteiger partial charge < -0.3 is 14.4 Å². The minimum atomic E-state index is 0.184. The van der Waals surface area contributed by atoms with Crippen LogP contribution in [0.2, 0.25) is 0 Å². The molecule has 0 spiro atoms. The lowest BCUT2D eigenvalue weighted by atomic mass is 10.1. The zero-order chi connectivity index (χ0) is 16.1. The normalized spacial score (nSPS) is 20.6. The summed E-state index contributed by atoms with van der Waals surface area (Å²) in [4.78, 5) is 18.3. The Hall–Kier alpha value is -0.950. The van der Waals surface area contributed by atoms with Crippen LogP contribution in [0, 0.1) is 6.92 Å². The van der Waals surface area contributed by atoms with Crippen LogP contribution in [-0.2, 0) is 9.47 Å². The van der Waals surface area contributed by atoms with Gasteiger partial charge in [0, 0.05) is 45.4 Å². The summed E-state index contributed by atoms with van der Waals surface area (Å²) in [5.41, 5.74) is 1.17. The summed E-state index contributed by atoms with van der Waals surface area (Å²) in [7, 11) is 0. The lowest BCUT2D eigenvalue weighted by Gasteiger charge is -2.36. The molecule has 0 radical (unpaired) electrons. The van der Waals surface area contributed by atoms with Crippen LogP contribution in [0.5, 0.6) is 0 Å². The summed E-state index contributed by atoms with van der Waals surface area (Å²) in [5.74, 6) is 0.184. The van der Waals surface area contributed by atoms with Crippen LogP contribution >= 0.6 is 11.3 Å². The van der Waals surface area contributed by atoms with Gasteiger partial charge in [-0.2, -0.15) is 0 Å². The van der Waals surface area contributed by atoms with Crippen LogP contribution in [0.3, 0.4) is 0 Å². The topological polar surface area (TPSA) is 42.0 Å². The van der Waals surface area contributed by atoms with Crippen molar-refractivity contribution in [3.63, 3.8) is 0 Å². The molecule has 1 amide bonds. The number of carbonyl (C=O) groups is 1. The smallest absolute Gasteiger partial charge is 0.264 e. The predicted molar refractivity (Wildman–Crippen MR) is 91.2 cm³/mol. The standard InChI is InChI=1S/C17H26N2O3S/c1-14-12-16(23-13-14)17(20)19(15-2-8-21-9-3-15)5-4-18-6-10-22-11-7-18/h12-13,15H,2-11H2,1H3. The molecule has 128 valence electrons. The van der Waals surface area contributed by atoms with Gasteiger partial charge in [-0.3, -0.25) is 9.69 Å². The maximum atomic E-state index is 13.0. The maximum Gasteiger partial charge on any atom is 0.264 e. The van der Waals surface area contributed by atoms with Crippen LogP contribution in [0.25, 0.3) is 0 Å². The molecule has 2 saturated heterocycles. The van der Waals surface area contributed by atoms with Gasteiger partial charge in [-0.25, -0.2) is 0 Å². The van der Waals surface area contributed by atoms with Crippen LogP contribution in [0.1, 0.15) is 28.1 Å². The van der Waals surface area contributed by atoms with E-state index in [1.54, 1.807) is 11.3 Å². The van der Waals surface area contributed by atoms with Gasteiger partial charge >= 0.3 is 0 Å². The van der Waals surface area contributed by atoms with Crippen molar-refractivity contribution in [2.75, 3.05) is 52.6 Å². The van der Waals surface area contributed by atoms with Gasteiger partial charge in [-0.1, -0.05) is 0 Å². The minimum Gasteiger partial charge on any atom is -0.381 e. The van der Waals surface area contributed by atoms with Gasteiger partial charge in [0.25, 0.3) is 5.91 Å². The molecular formula is C17H26N2O3S. The molecule has 23 heavy (non-hydrogen) atoms. The van der Waals surface area contributed by atoms with Crippen molar-refractivity contribution in [2.24, 2.45) is 0 Å². The highest BCUT2D eigenvalue weighted by atomic mass is 32.1. The number of aryl methyl sites for hydroxylation is 1. The third-order valence-electron chi connectivity index (χ3n) is 4.59. The number of rotatable bonds is 5. The molecule has 3 heterocycles. The summed E-state index contributed by atoms with van der Waals surface area (Å²) in [5, 5.41) is 2.05. The molecular weight excluding hydrogens is 312 g/mol. The van der Waals surface area contributed by atoms with Crippen molar-refractivity contribution in [1.82, 2.24) is 9.80 Å². The molecule has 0 aliphatic carbocycles. The Morgan fingerprint density at radius 1 is 1.26 bits per heavy atom. The maximum absolute atomic E-state index is 13.0. The van der Waals surface area contributed by atoms with E-state index in [9.17, 15) is 4.79 Å². The second-order valence-corrected chi connectivity index (χ2v) is 7.20. The number of hydrogen-bond donors (Lipinski definition) is 0. The lowest BCUT2D eigenvalue weighted by molar-refractivity contribution is 0.0143. The number of carbonyl (C=O) groups excluding carboxylic acids is 1. The summed E-state index contributed by atoms with van der Waals surface area (Å²) < 4.78 is 10.9. The molecule has 0 aromatic carbocycles. The fourth-order valence-corrected chi connectivity index (χ4v) is 4.06. The second kappa shape index (κ2) is 8.24. The summed E-state index contributed by atoms with van der Waals surface area (Å²) >= 11 is 1.56. The molecule has 2 aliphatic heterocycles. The Bertz CT molecular complexity index is 508. The molecule has 6 heteroatoms. The van der Waals surface area contributed by atoms with Crippen LogP contribution < -0.4 is 0 Å².